The fraction of sp³-hybridized carbons (Fsp3) is 0.200. The van der Waals surface area contributed by atoms with Crippen LogP contribution in [0.25, 0.3) is 11.1 Å². The lowest BCUT2D eigenvalue weighted by atomic mass is 10.0. The molecular weight excluding hydrogens is 232 g/mol. The van der Waals surface area contributed by atoms with E-state index in [1.54, 1.807) is 31.2 Å². The normalized spacial score (nSPS) is 10.7. The maximum absolute atomic E-state index is 13.8. The van der Waals surface area contributed by atoms with Crippen LogP contribution in [-0.4, -0.2) is 7.05 Å². The summed E-state index contributed by atoms with van der Waals surface area (Å²) in [6.07, 6.45) is 0. The lowest BCUT2D eigenvalue weighted by Crippen LogP contribution is -2.05. The predicted octanol–water partition coefficient (Wildman–Crippen LogP) is 3.66. The SMILES string of the molecule is CNCc1ccc(F)c(-c2ccc(C)c(F)c2)c1. The van der Waals surface area contributed by atoms with Gasteiger partial charge in [0.2, 0.25) is 0 Å². The second kappa shape index (κ2) is 5.27. The number of halogens is 2. The van der Waals surface area contributed by atoms with Gasteiger partial charge in [-0.05, 0) is 48.9 Å². The van der Waals surface area contributed by atoms with Gasteiger partial charge in [-0.1, -0.05) is 18.2 Å². The highest BCUT2D eigenvalue weighted by Gasteiger charge is 2.08. The Morgan fingerprint density at radius 1 is 1.00 bits per heavy atom. The summed E-state index contributed by atoms with van der Waals surface area (Å²) in [6.45, 7) is 2.34. The van der Waals surface area contributed by atoms with Crippen LogP contribution in [0.4, 0.5) is 8.78 Å². The quantitative estimate of drug-likeness (QED) is 0.872. The highest BCUT2D eigenvalue weighted by atomic mass is 19.1. The minimum atomic E-state index is -0.335. The second-order valence-electron chi connectivity index (χ2n) is 4.31. The molecule has 0 unspecified atom stereocenters. The number of nitrogens with one attached hydrogen (secondary N) is 1. The predicted molar refractivity (Wildman–Crippen MR) is 69.3 cm³/mol. The van der Waals surface area contributed by atoms with Crippen LogP contribution in [0.15, 0.2) is 36.4 Å². The molecule has 94 valence electrons. The molecule has 0 aliphatic rings. The van der Waals surface area contributed by atoms with Gasteiger partial charge in [-0.15, -0.1) is 0 Å². The molecule has 0 atom stereocenters. The summed E-state index contributed by atoms with van der Waals surface area (Å²) in [7, 11) is 1.83. The van der Waals surface area contributed by atoms with Gasteiger partial charge in [0, 0.05) is 12.1 Å². The summed E-state index contributed by atoms with van der Waals surface area (Å²) in [6, 6.07) is 9.65. The lowest BCUT2D eigenvalue weighted by Gasteiger charge is -2.08. The maximum atomic E-state index is 13.8. The Kier molecular flexibility index (Phi) is 3.72. The molecule has 18 heavy (non-hydrogen) atoms. The Balaban J connectivity index is 2.48. The van der Waals surface area contributed by atoms with Gasteiger partial charge >= 0.3 is 0 Å². The van der Waals surface area contributed by atoms with Crippen molar-refractivity contribution in [2.24, 2.45) is 0 Å². The van der Waals surface area contributed by atoms with E-state index >= 15 is 0 Å². The molecule has 0 spiro atoms. The molecular formula is C15H15F2N. The average Bonchev–Trinajstić information content (AvgIpc) is 2.35. The minimum absolute atomic E-state index is 0.314. The number of hydrogen-bond acceptors (Lipinski definition) is 1. The molecule has 3 heteroatoms. The molecule has 0 saturated carbocycles. The monoisotopic (exact) mass is 247 g/mol. The molecule has 2 aromatic carbocycles. The fourth-order valence-electron chi connectivity index (χ4n) is 1.87. The molecule has 0 radical (unpaired) electrons. The van der Waals surface area contributed by atoms with Crippen LogP contribution >= 0.6 is 0 Å². The van der Waals surface area contributed by atoms with E-state index in [1.165, 1.54) is 12.1 Å². The van der Waals surface area contributed by atoms with Gasteiger partial charge in [-0.3, -0.25) is 0 Å². The molecule has 0 fully saturated rings. The Bertz CT molecular complexity index is 564. The summed E-state index contributed by atoms with van der Waals surface area (Å²) in [5.74, 6) is -0.649. The van der Waals surface area contributed by atoms with E-state index in [0.717, 1.165) is 5.56 Å². The maximum Gasteiger partial charge on any atom is 0.131 e. The average molecular weight is 247 g/mol. The summed E-state index contributed by atoms with van der Waals surface area (Å²) in [5.41, 5.74) is 2.52. The fourth-order valence-corrected chi connectivity index (χ4v) is 1.87. The van der Waals surface area contributed by atoms with Crippen molar-refractivity contribution >= 4 is 0 Å². The number of benzene rings is 2. The van der Waals surface area contributed by atoms with Gasteiger partial charge < -0.3 is 5.32 Å². The zero-order valence-corrected chi connectivity index (χ0v) is 10.4. The van der Waals surface area contributed by atoms with E-state index in [4.69, 9.17) is 0 Å². The first-order valence-electron chi connectivity index (χ1n) is 5.81. The topological polar surface area (TPSA) is 12.0 Å². The summed E-state index contributed by atoms with van der Waals surface area (Å²) in [4.78, 5) is 0. The van der Waals surface area contributed by atoms with Crippen molar-refractivity contribution in [3.05, 3.63) is 59.2 Å². The minimum Gasteiger partial charge on any atom is -0.316 e. The Morgan fingerprint density at radius 3 is 2.44 bits per heavy atom. The molecule has 0 amide bonds. The molecule has 0 heterocycles. The first-order valence-corrected chi connectivity index (χ1v) is 5.81. The molecule has 1 nitrogen and oxygen atoms in total. The number of hydrogen-bond donors (Lipinski definition) is 1. The third-order valence-corrected chi connectivity index (χ3v) is 2.89. The van der Waals surface area contributed by atoms with Gasteiger partial charge in [0.1, 0.15) is 11.6 Å². The molecule has 0 bridgehead atoms. The van der Waals surface area contributed by atoms with Crippen LogP contribution < -0.4 is 5.32 Å². The zero-order valence-electron chi connectivity index (χ0n) is 10.4. The van der Waals surface area contributed by atoms with Crippen molar-refractivity contribution in [3.63, 3.8) is 0 Å². The zero-order chi connectivity index (χ0) is 13.1. The van der Waals surface area contributed by atoms with Crippen molar-refractivity contribution < 1.29 is 8.78 Å². The number of rotatable bonds is 3. The summed E-state index contributed by atoms with van der Waals surface area (Å²) < 4.78 is 27.3. The second-order valence-corrected chi connectivity index (χ2v) is 4.31. The van der Waals surface area contributed by atoms with Crippen molar-refractivity contribution in [2.45, 2.75) is 13.5 Å². The van der Waals surface area contributed by atoms with Gasteiger partial charge in [-0.25, -0.2) is 8.78 Å². The van der Waals surface area contributed by atoms with Crippen LogP contribution in [0.5, 0.6) is 0 Å². The largest absolute Gasteiger partial charge is 0.316 e. The van der Waals surface area contributed by atoms with Gasteiger partial charge in [0.15, 0.2) is 0 Å². The van der Waals surface area contributed by atoms with E-state index < -0.39 is 0 Å². The van der Waals surface area contributed by atoms with Gasteiger partial charge in [-0.2, -0.15) is 0 Å². The Morgan fingerprint density at radius 2 is 1.78 bits per heavy atom. The van der Waals surface area contributed by atoms with E-state index in [0.29, 0.717) is 23.2 Å². The molecule has 0 saturated heterocycles. The molecule has 0 aliphatic heterocycles. The van der Waals surface area contributed by atoms with Gasteiger partial charge in [0.05, 0.1) is 0 Å². The van der Waals surface area contributed by atoms with Crippen LogP contribution in [-0.2, 0) is 6.54 Å². The van der Waals surface area contributed by atoms with E-state index in [2.05, 4.69) is 5.32 Å². The number of aryl methyl sites for hydroxylation is 1. The Labute approximate surface area is 105 Å². The van der Waals surface area contributed by atoms with Crippen molar-refractivity contribution in [1.82, 2.24) is 5.32 Å². The van der Waals surface area contributed by atoms with Crippen molar-refractivity contribution in [2.75, 3.05) is 7.05 Å². The first-order chi connectivity index (χ1) is 8.61. The molecule has 2 rings (SSSR count). The smallest absolute Gasteiger partial charge is 0.131 e. The third kappa shape index (κ3) is 2.57. The highest BCUT2D eigenvalue weighted by molar-refractivity contribution is 5.65. The van der Waals surface area contributed by atoms with E-state index in [-0.39, 0.29) is 11.6 Å². The molecule has 0 aliphatic carbocycles. The van der Waals surface area contributed by atoms with Crippen LogP contribution in [0.1, 0.15) is 11.1 Å². The standard InChI is InChI=1S/C15H15F2N/c1-10-3-5-12(8-15(10)17)13-7-11(9-18-2)4-6-14(13)16/h3-8,18H,9H2,1-2H3. The molecule has 0 aromatic heterocycles. The molecule has 2 aromatic rings. The van der Waals surface area contributed by atoms with Crippen LogP contribution in [0.2, 0.25) is 0 Å². The van der Waals surface area contributed by atoms with E-state index in [9.17, 15) is 8.78 Å². The third-order valence-electron chi connectivity index (χ3n) is 2.89. The van der Waals surface area contributed by atoms with Crippen LogP contribution in [0.3, 0.4) is 0 Å². The highest BCUT2D eigenvalue weighted by Crippen LogP contribution is 2.25. The Hall–Kier alpha value is -1.74. The summed E-state index contributed by atoms with van der Waals surface area (Å²) >= 11 is 0. The molecule has 1 N–H and O–H groups in total. The first kappa shape index (κ1) is 12.7. The lowest BCUT2D eigenvalue weighted by molar-refractivity contribution is 0.617. The van der Waals surface area contributed by atoms with Gasteiger partial charge in [0.25, 0.3) is 0 Å². The summed E-state index contributed by atoms with van der Waals surface area (Å²) in [5, 5.41) is 3.01. The van der Waals surface area contributed by atoms with Crippen LogP contribution in [0, 0.1) is 18.6 Å². The van der Waals surface area contributed by atoms with Crippen molar-refractivity contribution in [1.29, 1.82) is 0 Å². The van der Waals surface area contributed by atoms with E-state index in [1.807, 2.05) is 7.05 Å². The van der Waals surface area contributed by atoms with Crippen molar-refractivity contribution in [3.8, 4) is 11.1 Å².